The van der Waals surface area contributed by atoms with E-state index in [0.717, 1.165) is 30.6 Å². The number of nitrogens with two attached hydrogens (primary N) is 1. The van der Waals surface area contributed by atoms with Crippen molar-refractivity contribution in [2.75, 3.05) is 0 Å². The van der Waals surface area contributed by atoms with Crippen molar-refractivity contribution >= 4 is 0 Å². The molecule has 0 amide bonds. The summed E-state index contributed by atoms with van der Waals surface area (Å²) in [4.78, 5) is 0. The topological polar surface area (TPSA) is 35.2 Å². The number of halogens is 1. The Bertz CT molecular complexity index is 431. The highest BCUT2D eigenvalue weighted by Gasteiger charge is 2.37. The predicted octanol–water partition coefficient (Wildman–Crippen LogP) is 3.42. The number of hydrogen-bond acceptors (Lipinski definition) is 2. The van der Waals surface area contributed by atoms with E-state index in [1.807, 2.05) is 6.92 Å². The van der Waals surface area contributed by atoms with Crippen LogP contribution in [0.3, 0.4) is 0 Å². The lowest BCUT2D eigenvalue weighted by Gasteiger charge is -2.41. The normalized spacial score (nSPS) is 26.9. The summed E-state index contributed by atoms with van der Waals surface area (Å²) in [5, 5.41) is 0. The maximum atomic E-state index is 13.0. The average molecular weight is 251 g/mol. The lowest BCUT2D eigenvalue weighted by Crippen LogP contribution is -2.52. The highest BCUT2D eigenvalue weighted by atomic mass is 19.1. The molecule has 100 valence electrons. The molecular formula is C15H22FNO. The van der Waals surface area contributed by atoms with Crippen molar-refractivity contribution < 1.29 is 9.13 Å². The van der Waals surface area contributed by atoms with Gasteiger partial charge in [0.05, 0.1) is 0 Å². The molecular weight excluding hydrogens is 229 g/mol. The van der Waals surface area contributed by atoms with E-state index >= 15 is 0 Å². The predicted molar refractivity (Wildman–Crippen MR) is 71.2 cm³/mol. The summed E-state index contributed by atoms with van der Waals surface area (Å²) >= 11 is 0. The first-order valence-electron chi connectivity index (χ1n) is 6.58. The first kappa shape index (κ1) is 13.3. The van der Waals surface area contributed by atoms with E-state index in [-0.39, 0.29) is 23.4 Å². The zero-order valence-corrected chi connectivity index (χ0v) is 11.4. The molecule has 1 aromatic rings. The summed E-state index contributed by atoms with van der Waals surface area (Å²) in [5.74, 6) is 0.516. The number of benzene rings is 1. The fourth-order valence-corrected chi connectivity index (χ4v) is 2.65. The van der Waals surface area contributed by atoms with Gasteiger partial charge in [-0.1, -0.05) is 13.8 Å². The smallest absolute Gasteiger partial charge is 0.123 e. The highest BCUT2D eigenvalue weighted by molar-refractivity contribution is 5.33. The van der Waals surface area contributed by atoms with Crippen molar-refractivity contribution in [3.05, 3.63) is 29.6 Å². The molecule has 0 bridgehead atoms. The molecule has 2 unspecified atom stereocenters. The molecule has 0 aromatic heterocycles. The average Bonchev–Trinajstić information content (AvgIpc) is 2.28. The molecule has 3 heteroatoms. The fourth-order valence-electron chi connectivity index (χ4n) is 2.65. The Morgan fingerprint density at radius 3 is 2.78 bits per heavy atom. The van der Waals surface area contributed by atoms with Crippen LogP contribution in [0, 0.1) is 18.2 Å². The van der Waals surface area contributed by atoms with Crippen LogP contribution in [-0.2, 0) is 0 Å². The first-order valence-corrected chi connectivity index (χ1v) is 6.58. The van der Waals surface area contributed by atoms with Crippen LogP contribution in [0.4, 0.5) is 4.39 Å². The minimum Gasteiger partial charge on any atom is -0.489 e. The molecule has 2 N–H and O–H groups in total. The van der Waals surface area contributed by atoms with Gasteiger partial charge in [0.2, 0.25) is 0 Å². The second-order valence-electron chi connectivity index (χ2n) is 5.97. The van der Waals surface area contributed by atoms with Crippen LogP contribution in [0.5, 0.6) is 5.75 Å². The van der Waals surface area contributed by atoms with Gasteiger partial charge >= 0.3 is 0 Å². The second-order valence-corrected chi connectivity index (χ2v) is 5.97. The summed E-state index contributed by atoms with van der Waals surface area (Å²) in [6, 6.07) is 4.64. The Kier molecular flexibility index (Phi) is 3.62. The number of aryl methyl sites for hydroxylation is 1. The van der Waals surface area contributed by atoms with Gasteiger partial charge in [0.15, 0.2) is 0 Å². The molecule has 1 aromatic carbocycles. The largest absolute Gasteiger partial charge is 0.489 e. The van der Waals surface area contributed by atoms with Crippen LogP contribution in [0.2, 0.25) is 0 Å². The lowest BCUT2D eigenvalue weighted by atomic mass is 9.72. The molecule has 0 aliphatic heterocycles. The van der Waals surface area contributed by atoms with Gasteiger partial charge in [0, 0.05) is 6.04 Å². The van der Waals surface area contributed by atoms with Gasteiger partial charge in [0.25, 0.3) is 0 Å². The molecule has 1 aliphatic rings. The van der Waals surface area contributed by atoms with Crippen LogP contribution in [0.1, 0.15) is 38.7 Å². The highest BCUT2D eigenvalue weighted by Crippen LogP contribution is 2.36. The standard InChI is InChI=1S/C15H22FNO/c1-10-9-11(16)6-7-12(10)18-13-5-4-8-15(2,3)14(13)17/h6-7,9,13-14H,4-5,8,17H2,1-3H3. The first-order chi connectivity index (χ1) is 8.40. The van der Waals surface area contributed by atoms with Gasteiger partial charge in [0.1, 0.15) is 17.7 Å². The lowest BCUT2D eigenvalue weighted by molar-refractivity contribution is 0.0562. The Balaban J connectivity index is 2.13. The third-order valence-corrected chi connectivity index (χ3v) is 4.03. The van der Waals surface area contributed by atoms with Crippen molar-refractivity contribution in [3.8, 4) is 5.75 Å². The van der Waals surface area contributed by atoms with Crippen molar-refractivity contribution in [1.82, 2.24) is 0 Å². The van der Waals surface area contributed by atoms with E-state index in [2.05, 4.69) is 13.8 Å². The molecule has 1 aliphatic carbocycles. The van der Waals surface area contributed by atoms with E-state index in [4.69, 9.17) is 10.5 Å². The molecule has 18 heavy (non-hydrogen) atoms. The molecule has 1 fully saturated rings. The summed E-state index contributed by atoms with van der Waals surface area (Å²) in [5.41, 5.74) is 7.22. The maximum Gasteiger partial charge on any atom is 0.123 e. The van der Waals surface area contributed by atoms with Crippen LogP contribution in [0.15, 0.2) is 18.2 Å². The third-order valence-electron chi connectivity index (χ3n) is 4.03. The molecule has 0 spiro atoms. The van der Waals surface area contributed by atoms with E-state index < -0.39 is 0 Å². The van der Waals surface area contributed by atoms with Gasteiger partial charge in [-0.25, -0.2) is 4.39 Å². The summed E-state index contributed by atoms with van der Waals surface area (Å²) < 4.78 is 19.0. The van der Waals surface area contributed by atoms with Crippen molar-refractivity contribution in [1.29, 1.82) is 0 Å². The molecule has 1 saturated carbocycles. The molecule has 0 saturated heterocycles. The van der Waals surface area contributed by atoms with Crippen molar-refractivity contribution in [2.45, 2.75) is 52.2 Å². The van der Waals surface area contributed by atoms with E-state index in [0.29, 0.717) is 0 Å². The summed E-state index contributed by atoms with van der Waals surface area (Å²) in [6.07, 6.45) is 3.27. The molecule has 0 heterocycles. The molecule has 0 radical (unpaired) electrons. The molecule has 2 rings (SSSR count). The summed E-state index contributed by atoms with van der Waals surface area (Å²) in [6.45, 7) is 6.23. The zero-order chi connectivity index (χ0) is 13.3. The van der Waals surface area contributed by atoms with Crippen LogP contribution < -0.4 is 10.5 Å². The van der Waals surface area contributed by atoms with E-state index in [1.54, 1.807) is 6.07 Å². The second kappa shape index (κ2) is 4.88. The Labute approximate surface area is 108 Å². The summed E-state index contributed by atoms with van der Waals surface area (Å²) in [7, 11) is 0. The van der Waals surface area contributed by atoms with Gasteiger partial charge in [-0.3, -0.25) is 0 Å². The van der Waals surface area contributed by atoms with Crippen LogP contribution in [0.25, 0.3) is 0 Å². The van der Waals surface area contributed by atoms with Gasteiger partial charge in [-0.2, -0.15) is 0 Å². The molecule has 2 nitrogen and oxygen atoms in total. The van der Waals surface area contributed by atoms with E-state index in [9.17, 15) is 4.39 Å². The Hall–Kier alpha value is -1.09. The minimum absolute atomic E-state index is 0.0238. The van der Waals surface area contributed by atoms with Crippen molar-refractivity contribution in [3.63, 3.8) is 0 Å². The number of ether oxygens (including phenoxy) is 1. The number of hydrogen-bond donors (Lipinski definition) is 1. The third kappa shape index (κ3) is 2.66. The number of rotatable bonds is 2. The maximum absolute atomic E-state index is 13.0. The van der Waals surface area contributed by atoms with E-state index in [1.165, 1.54) is 12.1 Å². The zero-order valence-electron chi connectivity index (χ0n) is 11.4. The monoisotopic (exact) mass is 251 g/mol. The fraction of sp³-hybridized carbons (Fsp3) is 0.600. The van der Waals surface area contributed by atoms with Gasteiger partial charge < -0.3 is 10.5 Å². The Morgan fingerprint density at radius 1 is 1.39 bits per heavy atom. The SMILES string of the molecule is Cc1cc(F)ccc1OC1CCCC(C)(C)C1N. The van der Waals surface area contributed by atoms with Crippen molar-refractivity contribution in [2.24, 2.45) is 11.1 Å². The van der Waals surface area contributed by atoms with Gasteiger partial charge in [-0.05, 0) is 55.4 Å². The minimum atomic E-state index is -0.229. The van der Waals surface area contributed by atoms with Crippen LogP contribution >= 0.6 is 0 Å². The molecule has 2 atom stereocenters. The van der Waals surface area contributed by atoms with Crippen LogP contribution in [-0.4, -0.2) is 12.1 Å². The Morgan fingerprint density at radius 2 is 2.11 bits per heavy atom. The quantitative estimate of drug-likeness (QED) is 0.874. The van der Waals surface area contributed by atoms with Gasteiger partial charge in [-0.15, -0.1) is 0 Å².